The topological polar surface area (TPSA) is 52.6 Å². The predicted molar refractivity (Wildman–Crippen MR) is 76.8 cm³/mol. The van der Waals surface area contributed by atoms with E-state index in [1.807, 2.05) is 6.92 Å². The van der Waals surface area contributed by atoms with Gasteiger partial charge in [0.05, 0.1) is 11.3 Å². The monoisotopic (exact) mass is 298 g/mol. The molecule has 2 rings (SSSR count). The van der Waals surface area contributed by atoms with E-state index in [1.165, 1.54) is 6.07 Å². The van der Waals surface area contributed by atoms with Crippen LogP contribution < -0.4 is 10.2 Å². The molecule has 1 aliphatic heterocycles. The summed E-state index contributed by atoms with van der Waals surface area (Å²) < 4.78 is 27.9. The van der Waals surface area contributed by atoms with E-state index >= 15 is 0 Å². The zero-order valence-corrected chi connectivity index (χ0v) is 12.0. The fourth-order valence-corrected chi connectivity index (χ4v) is 2.69. The van der Waals surface area contributed by atoms with E-state index in [-0.39, 0.29) is 11.7 Å². The summed E-state index contributed by atoms with van der Waals surface area (Å²) in [6.07, 6.45) is 3.27. The smallest absolute Gasteiger partial charge is 0.338 e. The molecule has 116 valence electrons. The molecule has 1 saturated heterocycles. The van der Waals surface area contributed by atoms with E-state index in [9.17, 15) is 13.6 Å². The van der Waals surface area contributed by atoms with Crippen LogP contribution in [0.5, 0.6) is 0 Å². The molecule has 21 heavy (non-hydrogen) atoms. The van der Waals surface area contributed by atoms with Crippen molar-refractivity contribution < 1.29 is 18.7 Å². The number of rotatable bonds is 5. The third-order valence-electron chi connectivity index (χ3n) is 3.87. The molecule has 0 amide bonds. The van der Waals surface area contributed by atoms with Gasteiger partial charge in [-0.2, -0.15) is 0 Å². The summed E-state index contributed by atoms with van der Waals surface area (Å²) >= 11 is 0. The van der Waals surface area contributed by atoms with E-state index in [0.717, 1.165) is 31.9 Å². The van der Waals surface area contributed by atoms with Crippen LogP contribution in [0, 0.1) is 11.6 Å². The summed E-state index contributed by atoms with van der Waals surface area (Å²) in [5, 5.41) is 12.2. The molecular weight excluding hydrogens is 278 g/mol. The third-order valence-corrected chi connectivity index (χ3v) is 3.87. The normalized spacial score (nSPS) is 18.5. The van der Waals surface area contributed by atoms with Crippen LogP contribution in [0.25, 0.3) is 0 Å². The zero-order valence-electron chi connectivity index (χ0n) is 12.0. The number of piperidine rings is 1. The van der Waals surface area contributed by atoms with Gasteiger partial charge in [-0.05, 0) is 38.4 Å². The maximum atomic E-state index is 14.1. The number of carboxylic acids is 1. The molecule has 0 aromatic heterocycles. The standard InChI is InChI=1S/C15H20F2N2O2/c1-2-19(9-10-5-3-4-8-18-10)12-7-6-11(15(20)21)13(16)14(12)17/h6-7,10,18H,2-5,8-9H2,1H3,(H,20,21). The van der Waals surface area contributed by atoms with Crippen LogP contribution >= 0.6 is 0 Å². The number of halogens is 2. The van der Waals surface area contributed by atoms with E-state index in [0.29, 0.717) is 13.1 Å². The molecule has 2 N–H and O–H groups in total. The first-order valence-electron chi connectivity index (χ1n) is 7.24. The Morgan fingerprint density at radius 2 is 2.14 bits per heavy atom. The maximum Gasteiger partial charge on any atom is 0.338 e. The number of hydrogen-bond donors (Lipinski definition) is 2. The van der Waals surface area contributed by atoms with Gasteiger partial charge in [-0.3, -0.25) is 0 Å². The number of aromatic carboxylic acids is 1. The number of hydrogen-bond acceptors (Lipinski definition) is 3. The predicted octanol–water partition coefficient (Wildman–Crippen LogP) is 2.63. The lowest BCUT2D eigenvalue weighted by Crippen LogP contribution is -2.44. The molecule has 1 aromatic carbocycles. The largest absolute Gasteiger partial charge is 0.478 e. The Labute approximate surface area is 122 Å². The second-order valence-corrected chi connectivity index (χ2v) is 5.25. The number of carboxylic acid groups (broad SMARTS) is 1. The van der Waals surface area contributed by atoms with Crippen molar-refractivity contribution in [3.05, 3.63) is 29.3 Å². The van der Waals surface area contributed by atoms with Gasteiger partial charge < -0.3 is 15.3 Å². The number of carbonyl (C=O) groups is 1. The van der Waals surface area contributed by atoms with Crippen molar-refractivity contribution in [2.75, 3.05) is 24.5 Å². The molecule has 0 aliphatic carbocycles. The molecule has 1 aromatic rings. The van der Waals surface area contributed by atoms with Gasteiger partial charge >= 0.3 is 5.97 Å². The number of anilines is 1. The van der Waals surface area contributed by atoms with Crippen molar-refractivity contribution in [1.29, 1.82) is 0 Å². The SMILES string of the molecule is CCN(CC1CCCCN1)c1ccc(C(=O)O)c(F)c1F. The minimum atomic E-state index is -1.46. The highest BCUT2D eigenvalue weighted by molar-refractivity contribution is 5.88. The third kappa shape index (κ3) is 3.50. The van der Waals surface area contributed by atoms with Gasteiger partial charge in [0.1, 0.15) is 0 Å². The number of benzene rings is 1. The molecule has 1 unspecified atom stereocenters. The van der Waals surface area contributed by atoms with E-state index in [4.69, 9.17) is 5.11 Å². The van der Waals surface area contributed by atoms with Crippen molar-refractivity contribution in [3.8, 4) is 0 Å². The maximum absolute atomic E-state index is 14.1. The van der Waals surface area contributed by atoms with E-state index < -0.39 is 23.2 Å². The first-order valence-corrected chi connectivity index (χ1v) is 7.24. The average molecular weight is 298 g/mol. The van der Waals surface area contributed by atoms with Gasteiger partial charge in [0, 0.05) is 19.1 Å². The Morgan fingerprint density at radius 3 is 2.71 bits per heavy atom. The summed E-state index contributed by atoms with van der Waals surface area (Å²) in [7, 11) is 0. The van der Waals surface area contributed by atoms with Gasteiger partial charge in [0.15, 0.2) is 11.6 Å². The second kappa shape index (κ2) is 6.85. The number of nitrogens with zero attached hydrogens (tertiary/aromatic N) is 1. The van der Waals surface area contributed by atoms with Crippen molar-refractivity contribution in [3.63, 3.8) is 0 Å². The van der Waals surface area contributed by atoms with Crippen molar-refractivity contribution in [2.45, 2.75) is 32.2 Å². The first-order chi connectivity index (χ1) is 10.0. The highest BCUT2D eigenvalue weighted by Gasteiger charge is 2.23. The van der Waals surface area contributed by atoms with Crippen LogP contribution in [0.2, 0.25) is 0 Å². The van der Waals surface area contributed by atoms with Gasteiger partial charge in [0.25, 0.3) is 0 Å². The van der Waals surface area contributed by atoms with Gasteiger partial charge in [-0.1, -0.05) is 6.42 Å². The van der Waals surface area contributed by atoms with Gasteiger partial charge in [0.2, 0.25) is 0 Å². The summed E-state index contributed by atoms with van der Waals surface area (Å²) in [4.78, 5) is 12.6. The molecule has 1 heterocycles. The van der Waals surface area contributed by atoms with Crippen LogP contribution in [-0.2, 0) is 0 Å². The quantitative estimate of drug-likeness (QED) is 0.877. The van der Waals surface area contributed by atoms with Crippen molar-refractivity contribution in [2.24, 2.45) is 0 Å². The Kier molecular flexibility index (Phi) is 5.12. The Bertz CT molecular complexity index is 517. The van der Waals surface area contributed by atoms with E-state index in [2.05, 4.69) is 5.32 Å². The van der Waals surface area contributed by atoms with Crippen LogP contribution in [0.15, 0.2) is 12.1 Å². The molecule has 4 nitrogen and oxygen atoms in total. The van der Waals surface area contributed by atoms with Crippen molar-refractivity contribution in [1.82, 2.24) is 5.32 Å². The zero-order chi connectivity index (χ0) is 15.4. The van der Waals surface area contributed by atoms with Crippen molar-refractivity contribution >= 4 is 11.7 Å². The lowest BCUT2D eigenvalue weighted by Gasteiger charge is -2.31. The van der Waals surface area contributed by atoms with Gasteiger partial charge in [-0.15, -0.1) is 0 Å². The summed E-state index contributed by atoms with van der Waals surface area (Å²) in [6.45, 7) is 3.92. The molecule has 6 heteroatoms. The second-order valence-electron chi connectivity index (χ2n) is 5.25. The van der Waals surface area contributed by atoms with Crippen LogP contribution in [-0.4, -0.2) is 36.8 Å². The molecule has 1 fully saturated rings. The summed E-state index contributed by atoms with van der Waals surface area (Å²) in [5.41, 5.74) is -0.518. The molecule has 0 spiro atoms. The lowest BCUT2D eigenvalue weighted by molar-refractivity contribution is 0.0690. The fourth-order valence-electron chi connectivity index (χ4n) is 2.69. The molecule has 1 atom stereocenters. The number of likely N-dealkylation sites (N-methyl/N-ethyl adjacent to an activating group) is 1. The highest BCUT2D eigenvalue weighted by atomic mass is 19.2. The summed E-state index contributed by atoms with van der Waals surface area (Å²) in [6, 6.07) is 2.71. The minimum Gasteiger partial charge on any atom is -0.478 e. The molecule has 1 aliphatic rings. The average Bonchev–Trinajstić information content (AvgIpc) is 2.48. The minimum absolute atomic E-state index is 0.118. The molecule has 0 saturated carbocycles. The fraction of sp³-hybridized carbons (Fsp3) is 0.533. The Morgan fingerprint density at radius 1 is 1.38 bits per heavy atom. The highest BCUT2D eigenvalue weighted by Crippen LogP contribution is 2.25. The Hall–Kier alpha value is -1.69. The molecule has 0 bridgehead atoms. The summed E-state index contributed by atoms with van der Waals surface area (Å²) in [5.74, 6) is -3.85. The lowest BCUT2D eigenvalue weighted by atomic mass is 10.0. The van der Waals surface area contributed by atoms with Crippen LogP contribution in [0.4, 0.5) is 14.5 Å². The first kappa shape index (κ1) is 15.7. The number of nitrogens with one attached hydrogen (secondary N) is 1. The van der Waals surface area contributed by atoms with Crippen LogP contribution in [0.3, 0.4) is 0 Å². The Balaban J connectivity index is 2.21. The van der Waals surface area contributed by atoms with Gasteiger partial charge in [-0.25, -0.2) is 13.6 Å². The molecule has 0 radical (unpaired) electrons. The van der Waals surface area contributed by atoms with E-state index in [1.54, 1.807) is 4.90 Å². The molecular formula is C15H20F2N2O2. The van der Waals surface area contributed by atoms with Crippen LogP contribution in [0.1, 0.15) is 36.5 Å².